The normalized spacial score (nSPS) is 25.7. The number of benzene rings is 1. The van der Waals surface area contributed by atoms with Gasteiger partial charge in [0.15, 0.2) is 6.61 Å². The summed E-state index contributed by atoms with van der Waals surface area (Å²) in [5.41, 5.74) is -0.787. The molecule has 0 aliphatic carbocycles. The van der Waals surface area contributed by atoms with Crippen molar-refractivity contribution in [2.24, 2.45) is 0 Å². The fourth-order valence-corrected chi connectivity index (χ4v) is 3.36. The van der Waals surface area contributed by atoms with Gasteiger partial charge in [-0.15, -0.1) is 12.4 Å². The van der Waals surface area contributed by atoms with Crippen molar-refractivity contribution in [3.8, 4) is 5.75 Å². The molecular formula is C16H20ClF3N2O2. The predicted molar refractivity (Wildman–Crippen MR) is 85.3 cm³/mol. The summed E-state index contributed by atoms with van der Waals surface area (Å²) < 4.78 is 43.0. The van der Waals surface area contributed by atoms with Gasteiger partial charge in [-0.1, -0.05) is 6.07 Å². The number of hydrogen-bond acceptors (Lipinski definition) is 3. The lowest BCUT2D eigenvalue weighted by Gasteiger charge is -2.29. The molecule has 0 aromatic heterocycles. The molecule has 1 amide bonds. The van der Waals surface area contributed by atoms with Crippen molar-refractivity contribution in [1.29, 1.82) is 0 Å². The zero-order valence-electron chi connectivity index (χ0n) is 12.9. The maximum atomic E-state index is 12.6. The summed E-state index contributed by atoms with van der Waals surface area (Å²) in [5.74, 6) is -0.255. The molecule has 1 aromatic carbocycles. The number of amides is 1. The summed E-state index contributed by atoms with van der Waals surface area (Å²) >= 11 is 0. The maximum absolute atomic E-state index is 12.6. The molecule has 2 heterocycles. The topological polar surface area (TPSA) is 50.4 Å². The molecule has 0 radical (unpaired) electrons. The molecule has 0 spiro atoms. The van der Waals surface area contributed by atoms with Gasteiger partial charge >= 0.3 is 6.18 Å². The minimum absolute atomic E-state index is 0. The van der Waals surface area contributed by atoms with E-state index in [0.717, 1.165) is 37.8 Å². The van der Waals surface area contributed by atoms with Gasteiger partial charge in [-0.25, -0.2) is 0 Å². The summed E-state index contributed by atoms with van der Waals surface area (Å²) in [6.45, 7) is -0.277. The minimum Gasteiger partial charge on any atom is -0.484 e. The number of piperidine rings is 1. The summed E-state index contributed by atoms with van der Waals surface area (Å²) in [4.78, 5) is 11.9. The van der Waals surface area contributed by atoms with Gasteiger partial charge in [0.1, 0.15) is 5.75 Å². The number of carbonyl (C=O) groups excluding carboxylic acids is 1. The second kappa shape index (κ2) is 7.61. The Labute approximate surface area is 144 Å². The number of rotatable bonds is 4. The first-order valence-corrected chi connectivity index (χ1v) is 7.75. The van der Waals surface area contributed by atoms with Gasteiger partial charge in [-0.3, -0.25) is 4.79 Å². The molecule has 2 aliphatic heterocycles. The fraction of sp³-hybridized carbons (Fsp3) is 0.562. The van der Waals surface area contributed by atoms with E-state index in [9.17, 15) is 18.0 Å². The number of fused-ring (bicyclic) bond motifs is 2. The lowest BCUT2D eigenvalue weighted by molar-refractivity contribution is -0.137. The van der Waals surface area contributed by atoms with E-state index in [1.807, 2.05) is 0 Å². The van der Waals surface area contributed by atoms with Gasteiger partial charge in [0.2, 0.25) is 0 Å². The molecular weight excluding hydrogens is 345 g/mol. The Morgan fingerprint density at radius 3 is 2.54 bits per heavy atom. The molecule has 0 saturated carbocycles. The average Bonchev–Trinajstić information content (AvgIpc) is 2.83. The Morgan fingerprint density at radius 2 is 1.92 bits per heavy atom. The van der Waals surface area contributed by atoms with Crippen LogP contribution in [-0.4, -0.2) is 30.6 Å². The molecule has 2 atom stereocenters. The molecule has 3 rings (SSSR count). The molecule has 134 valence electrons. The fourth-order valence-electron chi connectivity index (χ4n) is 3.36. The number of carbonyl (C=O) groups is 1. The van der Waals surface area contributed by atoms with E-state index in [4.69, 9.17) is 4.74 Å². The van der Waals surface area contributed by atoms with Crippen molar-refractivity contribution in [2.45, 2.75) is 50.0 Å². The van der Waals surface area contributed by atoms with E-state index < -0.39 is 11.7 Å². The third kappa shape index (κ3) is 4.77. The molecule has 24 heavy (non-hydrogen) atoms. The van der Waals surface area contributed by atoms with Gasteiger partial charge in [0.25, 0.3) is 5.91 Å². The quantitative estimate of drug-likeness (QED) is 0.863. The maximum Gasteiger partial charge on any atom is 0.416 e. The molecule has 8 heteroatoms. The highest BCUT2D eigenvalue weighted by molar-refractivity contribution is 5.85. The van der Waals surface area contributed by atoms with Crippen molar-refractivity contribution in [3.05, 3.63) is 29.8 Å². The van der Waals surface area contributed by atoms with Crippen LogP contribution >= 0.6 is 12.4 Å². The average molecular weight is 365 g/mol. The predicted octanol–water partition coefficient (Wildman–Crippen LogP) is 2.91. The molecule has 2 N–H and O–H groups in total. The highest BCUT2D eigenvalue weighted by Gasteiger charge is 2.34. The van der Waals surface area contributed by atoms with E-state index in [1.54, 1.807) is 0 Å². The Kier molecular flexibility index (Phi) is 5.98. The van der Waals surface area contributed by atoms with Crippen molar-refractivity contribution < 1.29 is 22.7 Å². The Hall–Kier alpha value is -1.47. The molecule has 2 saturated heterocycles. The molecule has 2 aliphatic rings. The largest absolute Gasteiger partial charge is 0.484 e. The number of hydrogen-bond donors (Lipinski definition) is 2. The Balaban J connectivity index is 0.00000208. The number of alkyl halides is 3. The van der Waals surface area contributed by atoms with Crippen LogP contribution in [0.3, 0.4) is 0 Å². The molecule has 2 unspecified atom stereocenters. The highest BCUT2D eigenvalue weighted by atomic mass is 35.5. The SMILES string of the molecule is Cl.O=C(COc1cccc(C(F)(F)F)c1)NC1CC2CCC(C1)N2. The Morgan fingerprint density at radius 1 is 1.25 bits per heavy atom. The van der Waals surface area contributed by atoms with E-state index in [1.165, 1.54) is 12.1 Å². The van der Waals surface area contributed by atoms with Crippen LogP contribution in [0.4, 0.5) is 13.2 Å². The van der Waals surface area contributed by atoms with Crippen molar-refractivity contribution in [2.75, 3.05) is 6.61 Å². The zero-order chi connectivity index (χ0) is 16.4. The van der Waals surface area contributed by atoms with Gasteiger partial charge in [0.05, 0.1) is 5.56 Å². The van der Waals surface area contributed by atoms with E-state index in [-0.39, 0.29) is 36.7 Å². The smallest absolute Gasteiger partial charge is 0.416 e. The summed E-state index contributed by atoms with van der Waals surface area (Å²) in [6, 6.07) is 5.59. The standard InChI is InChI=1S/C16H19F3N2O2.ClH/c17-16(18,19)10-2-1-3-14(6-10)23-9-15(22)21-13-7-11-4-5-12(8-13)20-11;/h1-3,6,11-13,20H,4-5,7-9H2,(H,21,22);1H. The molecule has 4 nitrogen and oxygen atoms in total. The summed E-state index contributed by atoms with van der Waals surface area (Å²) in [7, 11) is 0. The van der Waals surface area contributed by atoms with Crippen molar-refractivity contribution in [3.63, 3.8) is 0 Å². The van der Waals surface area contributed by atoms with Gasteiger partial charge in [-0.05, 0) is 43.9 Å². The second-order valence-electron chi connectivity index (χ2n) is 6.19. The van der Waals surface area contributed by atoms with Crippen molar-refractivity contribution >= 4 is 18.3 Å². The van der Waals surface area contributed by atoms with Gasteiger partial charge in [-0.2, -0.15) is 13.2 Å². The third-order valence-electron chi connectivity index (χ3n) is 4.37. The van der Waals surface area contributed by atoms with Crippen LogP contribution in [-0.2, 0) is 11.0 Å². The first kappa shape index (κ1) is 18.9. The van der Waals surface area contributed by atoms with Gasteiger partial charge in [0, 0.05) is 18.1 Å². The van der Waals surface area contributed by atoms with Gasteiger partial charge < -0.3 is 15.4 Å². The van der Waals surface area contributed by atoms with Crippen molar-refractivity contribution in [1.82, 2.24) is 10.6 Å². The first-order valence-electron chi connectivity index (χ1n) is 7.75. The van der Waals surface area contributed by atoms with E-state index in [2.05, 4.69) is 10.6 Å². The molecule has 2 bridgehead atoms. The van der Waals surface area contributed by atoms with Crippen LogP contribution < -0.4 is 15.4 Å². The number of ether oxygens (including phenoxy) is 1. The third-order valence-corrected chi connectivity index (χ3v) is 4.37. The summed E-state index contributed by atoms with van der Waals surface area (Å²) in [5, 5.41) is 6.39. The highest BCUT2D eigenvalue weighted by Crippen LogP contribution is 2.31. The van der Waals surface area contributed by atoms with Crippen LogP contribution in [0.5, 0.6) is 5.75 Å². The second-order valence-corrected chi connectivity index (χ2v) is 6.19. The van der Waals surface area contributed by atoms with Crippen LogP contribution in [0.15, 0.2) is 24.3 Å². The summed E-state index contributed by atoms with van der Waals surface area (Å²) in [6.07, 6.45) is -0.358. The van der Waals surface area contributed by atoms with E-state index >= 15 is 0 Å². The van der Waals surface area contributed by atoms with Crippen LogP contribution in [0.1, 0.15) is 31.2 Å². The number of halogens is 4. The lowest BCUT2D eigenvalue weighted by Crippen LogP contribution is -2.48. The minimum atomic E-state index is -4.42. The molecule has 2 fully saturated rings. The Bertz CT molecular complexity index is 571. The van der Waals surface area contributed by atoms with Crippen LogP contribution in [0.2, 0.25) is 0 Å². The van der Waals surface area contributed by atoms with Crippen LogP contribution in [0.25, 0.3) is 0 Å². The monoisotopic (exact) mass is 364 g/mol. The number of nitrogens with one attached hydrogen (secondary N) is 2. The van der Waals surface area contributed by atoms with Crippen LogP contribution in [0, 0.1) is 0 Å². The lowest BCUT2D eigenvalue weighted by atomic mass is 10.00. The van der Waals surface area contributed by atoms with E-state index in [0.29, 0.717) is 12.1 Å². The molecule has 1 aromatic rings. The first-order chi connectivity index (χ1) is 10.9. The zero-order valence-corrected chi connectivity index (χ0v) is 13.8.